The van der Waals surface area contributed by atoms with E-state index in [0.717, 1.165) is 5.56 Å². The van der Waals surface area contributed by atoms with Gasteiger partial charge in [0.2, 0.25) is 11.9 Å². The highest BCUT2D eigenvalue weighted by molar-refractivity contribution is 5.91. The number of nitrogens with zero attached hydrogens (tertiary/aromatic N) is 3. The summed E-state index contributed by atoms with van der Waals surface area (Å²) in [5.41, 5.74) is 5.93. The third kappa shape index (κ3) is 3.14. The standard InChI is InChI=1S/C15H17N5O4/c1-2-23-12-5-9(3-4-11(12)24-7-13(16)21)10-6-14(22)19-15-17-8-18-20(10)15/h3-5,8,10H,2,6-7H2,1H3,(H2,16,21)(H,17,18,19,22)/t10-/m0/s1. The highest BCUT2D eigenvalue weighted by atomic mass is 16.5. The van der Waals surface area contributed by atoms with Gasteiger partial charge < -0.3 is 15.2 Å². The average Bonchev–Trinajstić information content (AvgIpc) is 3.01. The molecule has 9 nitrogen and oxygen atoms in total. The van der Waals surface area contributed by atoms with Crippen LogP contribution in [0.3, 0.4) is 0 Å². The Bertz CT molecular complexity index is 773. The first-order chi connectivity index (χ1) is 11.6. The molecule has 0 radical (unpaired) electrons. The molecule has 1 atom stereocenters. The van der Waals surface area contributed by atoms with Crippen LogP contribution in [0.2, 0.25) is 0 Å². The maximum Gasteiger partial charge on any atom is 0.255 e. The lowest BCUT2D eigenvalue weighted by atomic mass is 10.0. The second-order valence-electron chi connectivity index (χ2n) is 5.19. The van der Waals surface area contributed by atoms with Crippen LogP contribution in [0.5, 0.6) is 11.5 Å². The first kappa shape index (κ1) is 15.8. The molecule has 0 saturated heterocycles. The van der Waals surface area contributed by atoms with Crippen LogP contribution in [0.25, 0.3) is 0 Å². The molecule has 1 aromatic heterocycles. The molecule has 0 unspecified atom stereocenters. The summed E-state index contributed by atoms with van der Waals surface area (Å²) in [5.74, 6) is 0.593. The summed E-state index contributed by atoms with van der Waals surface area (Å²) in [6.07, 6.45) is 1.63. The Kier molecular flexibility index (Phi) is 4.32. The molecule has 0 fully saturated rings. The van der Waals surface area contributed by atoms with Gasteiger partial charge in [0.05, 0.1) is 19.1 Å². The molecule has 2 aromatic rings. The fourth-order valence-electron chi connectivity index (χ4n) is 2.53. The van der Waals surface area contributed by atoms with Crippen LogP contribution in [0.15, 0.2) is 24.5 Å². The Balaban J connectivity index is 1.93. The third-order valence-electron chi connectivity index (χ3n) is 3.52. The Morgan fingerprint density at radius 3 is 3.00 bits per heavy atom. The van der Waals surface area contributed by atoms with Crippen LogP contribution in [0, 0.1) is 0 Å². The Morgan fingerprint density at radius 2 is 2.25 bits per heavy atom. The summed E-state index contributed by atoms with van der Waals surface area (Å²) >= 11 is 0. The number of carbonyl (C=O) groups is 2. The molecule has 0 aliphatic carbocycles. The fraction of sp³-hybridized carbons (Fsp3) is 0.333. The molecule has 126 valence electrons. The molecular weight excluding hydrogens is 314 g/mol. The van der Waals surface area contributed by atoms with Crippen molar-refractivity contribution < 1.29 is 19.1 Å². The zero-order valence-corrected chi connectivity index (χ0v) is 13.1. The number of hydrogen-bond acceptors (Lipinski definition) is 6. The predicted molar refractivity (Wildman–Crippen MR) is 83.7 cm³/mol. The molecule has 3 rings (SSSR count). The molecule has 1 aromatic carbocycles. The van der Waals surface area contributed by atoms with E-state index >= 15 is 0 Å². The van der Waals surface area contributed by atoms with E-state index in [1.807, 2.05) is 6.92 Å². The van der Waals surface area contributed by atoms with Gasteiger partial charge >= 0.3 is 0 Å². The average molecular weight is 331 g/mol. The van der Waals surface area contributed by atoms with Gasteiger partial charge in [0.25, 0.3) is 5.91 Å². The van der Waals surface area contributed by atoms with E-state index in [4.69, 9.17) is 15.2 Å². The van der Waals surface area contributed by atoms with Crippen molar-refractivity contribution in [1.82, 2.24) is 14.8 Å². The van der Waals surface area contributed by atoms with Crippen molar-refractivity contribution in [3.63, 3.8) is 0 Å². The highest BCUT2D eigenvalue weighted by Crippen LogP contribution is 2.35. The van der Waals surface area contributed by atoms with Crippen molar-refractivity contribution in [1.29, 1.82) is 0 Å². The third-order valence-corrected chi connectivity index (χ3v) is 3.52. The number of ether oxygens (including phenoxy) is 2. The van der Waals surface area contributed by atoms with Crippen LogP contribution in [0.4, 0.5) is 5.95 Å². The molecule has 1 aliphatic heterocycles. The van der Waals surface area contributed by atoms with E-state index < -0.39 is 5.91 Å². The summed E-state index contributed by atoms with van der Waals surface area (Å²) in [7, 11) is 0. The van der Waals surface area contributed by atoms with Crippen LogP contribution in [-0.2, 0) is 9.59 Å². The monoisotopic (exact) mass is 331 g/mol. The number of benzene rings is 1. The number of nitrogens with one attached hydrogen (secondary N) is 1. The van der Waals surface area contributed by atoms with Gasteiger partial charge in [0.15, 0.2) is 18.1 Å². The summed E-state index contributed by atoms with van der Waals surface area (Å²) < 4.78 is 12.6. The maximum atomic E-state index is 11.9. The first-order valence-electron chi connectivity index (χ1n) is 7.45. The minimum atomic E-state index is -0.572. The largest absolute Gasteiger partial charge is 0.490 e. The van der Waals surface area contributed by atoms with Crippen LogP contribution >= 0.6 is 0 Å². The summed E-state index contributed by atoms with van der Waals surface area (Å²) in [6, 6.07) is 4.97. The summed E-state index contributed by atoms with van der Waals surface area (Å²) in [6.45, 7) is 2.03. The van der Waals surface area contributed by atoms with Crippen molar-refractivity contribution in [3.8, 4) is 11.5 Å². The molecule has 9 heteroatoms. The molecule has 1 aliphatic rings. The number of anilines is 1. The van der Waals surface area contributed by atoms with Gasteiger partial charge in [-0.3, -0.25) is 14.9 Å². The zero-order valence-electron chi connectivity index (χ0n) is 13.1. The lowest BCUT2D eigenvalue weighted by Gasteiger charge is -2.24. The van der Waals surface area contributed by atoms with Crippen molar-refractivity contribution in [3.05, 3.63) is 30.1 Å². The summed E-state index contributed by atoms with van der Waals surface area (Å²) in [4.78, 5) is 26.8. The van der Waals surface area contributed by atoms with Gasteiger partial charge in [-0.05, 0) is 24.6 Å². The number of fused-ring (bicyclic) bond motifs is 1. The fourth-order valence-corrected chi connectivity index (χ4v) is 2.53. The van der Waals surface area contributed by atoms with Gasteiger partial charge in [0.1, 0.15) is 6.33 Å². The lowest BCUT2D eigenvalue weighted by Crippen LogP contribution is -2.29. The second kappa shape index (κ2) is 6.57. The molecule has 0 spiro atoms. The topological polar surface area (TPSA) is 121 Å². The van der Waals surface area contributed by atoms with Gasteiger partial charge in [0, 0.05) is 0 Å². The van der Waals surface area contributed by atoms with Gasteiger partial charge in [-0.25, -0.2) is 4.68 Å². The second-order valence-corrected chi connectivity index (χ2v) is 5.19. The van der Waals surface area contributed by atoms with Crippen LogP contribution in [-0.4, -0.2) is 39.8 Å². The van der Waals surface area contributed by atoms with E-state index in [-0.39, 0.29) is 25.0 Å². The minimum absolute atomic E-state index is 0.132. The van der Waals surface area contributed by atoms with E-state index in [9.17, 15) is 9.59 Å². The Labute approximate surface area is 137 Å². The number of aromatic nitrogens is 3. The number of rotatable bonds is 6. The highest BCUT2D eigenvalue weighted by Gasteiger charge is 2.28. The summed E-state index contributed by atoms with van der Waals surface area (Å²) in [5, 5.41) is 6.83. The van der Waals surface area contributed by atoms with E-state index in [2.05, 4.69) is 15.4 Å². The number of carbonyl (C=O) groups excluding carboxylic acids is 2. The zero-order chi connectivity index (χ0) is 17.1. The van der Waals surface area contributed by atoms with E-state index in [1.54, 1.807) is 22.9 Å². The first-order valence-corrected chi connectivity index (χ1v) is 7.45. The Hall–Kier alpha value is -3.10. The van der Waals surface area contributed by atoms with E-state index in [0.29, 0.717) is 24.1 Å². The molecule has 24 heavy (non-hydrogen) atoms. The molecule has 3 N–H and O–H groups in total. The van der Waals surface area contributed by atoms with Gasteiger partial charge in [-0.1, -0.05) is 6.07 Å². The van der Waals surface area contributed by atoms with Crippen molar-refractivity contribution in [2.75, 3.05) is 18.5 Å². The SMILES string of the molecule is CCOc1cc([C@@H]2CC(=O)Nc3ncnn32)ccc1OCC(N)=O. The molecule has 2 heterocycles. The molecule has 0 bridgehead atoms. The quantitative estimate of drug-likeness (QED) is 0.793. The van der Waals surface area contributed by atoms with Gasteiger partial charge in [-0.2, -0.15) is 10.1 Å². The van der Waals surface area contributed by atoms with Crippen molar-refractivity contribution in [2.24, 2.45) is 5.73 Å². The predicted octanol–water partition coefficient (Wildman–Crippen LogP) is 0.472. The molecule has 2 amide bonds. The number of amides is 2. The number of nitrogens with two attached hydrogens (primary N) is 1. The van der Waals surface area contributed by atoms with Crippen molar-refractivity contribution >= 4 is 17.8 Å². The maximum absolute atomic E-state index is 11.9. The van der Waals surface area contributed by atoms with Crippen LogP contribution in [0.1, 0.15) is 24.9 Å². The molecule has 0 saturated carbocycles. The smallest absolute Gasteiger partial charge is 0.255 e. The lowest BCUT2D eigenvalue weighted by molar-refractivity contribution is -0.120. The number of hydrogen-bond donors (Lipinski definition) is 2. The van der Waals surface area contributed by atoms with Gasteiger partial charge in [-0.15, -0.1) is 0 Å². The number of primary amides is 1. The van der Waals surface area contributed by atoms with E-state index in [1.165, 1.54) is 6.33 Å². The molecular formula is C15H17N5O4. The normalized spacial score (nSPS) is 16.2. The van der Waals surface area contributed by atoms with Crippen LogP contribution < -0.4 is 20.5 Å². The van der Waals surface area contributed by atoms with Crippen molar-refractivity contribution in [2.45, 2.75) is 19.4 Å². The minimum Gasteiger partial charge on any atom is -0.490 e. The Morgan fingerprint density at radius 1 is 1.42 bits per heavy atom.